The SMILES string of the molecule is CC1(CO)NC(=O)c2ccc(Cl)nc21. The summed E-state index contributed by atoms with van der Waals surface area (Å²) >= 11 is 5.72. The molecule has 0 saturated heterocycles. The van der Waals surface area contributed by atoms with E-state index in [0.29, 0.717) is 16.4 Å². The third-order valence-electron chi connectivity index (χ3n) is 2.33. The van der Waals surface area contributed by atoms with Gasteiger partial charge in [-0.25, -0.2) is 4.98 Å². The van der Waals surface area contributed by atoms with Gasteiger partial charge in [-0.05, 0) is 19.1 Å². The molecule has 0 radical (unpaired) electrons. The van der Waals surface area contributed by atoms with Gasteiger partial charge in [0, 0.05) is 0 Å². The number of aliphatic hydroxyl groups is 1. The Kier molecular flexibility index (Phi) is 1.97. The second-order valence-corrected chi connectivity index (χ2v) is 3.86. The largest absolute Gasteiger partial charge is 0.394 e. The van der Waals surface area contributed by atoms with Crippen LogP contribution in [0.25, 0.3) is 0 Å². The molecular formula is C9H9ClN2O2. The minimum Gasteiger partial charge on any atom is -0.394 e. The summed E-state index contributed by atoms with van der Waals surface area (Å²) < 4.78 is 0. The molecule has 0 fully saturated rings. The molecule has 74 valence electrons. The summed E-state index contributed by atoms with van der Waals surface area (Å²) in [7, 11) is 0. The third-order valence-corrected chi connectivity index (χ3v) is 2.54. The number of hydrogen-bond donors (Lipinski definition) is 2. The summed E-state index contributed by atoms with van der Waals surface area (Å²) in [5.41, 5.74) is 0.181. The molecule has 0 bridgehead atoms. The van der Waals surface area contributed by atoms with Crippen molar-refractivity contribution in [1.29, 1.82) is 0 Å². The maximum Gasteiger partial charge on any atom is 0.254 e. The topological polar surface area (TPSA) is 62.2 Å². The van der Waals surface area contributed by atoms with E-state index in [9.17, 15) is 9.90 Å². The van der Waals surface area contributed by atoms with E-state index in [1.54, 1.807) is 19.1 Å². The number of hydrogen-bond acceptors (Lipinski definition) is 3. The van der Waals surface area contributed by atoms with Crippen molar-refractivity contribution in [2.24, 2.45) is 0 Å². The van der Waals surface area contributed by atoms with E-state index in [-0.39, 0.29) is 12.5 Å². The fraction of sp³-hybridized carbons (Fsp3) is 0.333. The normalized spacial score (nSPS) is 24.6. The van der Waals surface area contributed by atoms with Crippen molar-refractivity contribution in [3.63, 3.8) is 0 Å². The first kappa shape index (κ1) is 9.43. The number of nitrogens with zero attached hydrogens (tertiary/aromatic N) is 1. The number of carbonyl (C=O) groups is 1. The Balaban J connectivity index is 2.62. The number of aliphatic hydroxyl groups excluding tert-OH is 1. The summed E-state index contributed by atoms with van der Waals surface area (Å²) in [6, 6.07) is 3.17. The van der Waals surface area contributed by atoms with Gasteiger partial charge >= 0.3 is 0 Å². The van der Waals surface area contributed by atoms with Crippen molar-refractivity contribution in [1.82, 2.24) is 10.3 Å². The number of rotatable bonds is 1. The second kappa shape index (κ2) is 2.93. The van der Waals surface area contributed by atoms with Crippen molar-refractivity contribution in [2.75, 3.05) is 6.61 Å². The van der Waals surface area contributed by atoms with Gasteiger partial charge in [-0.2, -0.15) is 0 Å². The lowest BCUT2D eigenvalue weighted by molar-refractivity contribution is 0.0895. The van der Waals surface area contributed by atoms with Crippen molar-refractivity contribution < 1.29 is 9.90 Å². The van der Waals surface area contributed by atoms with Gasteiger partial charge in [-0.3, -0.25) is 4.79 Å². The molecule has 4 nitrogen and oxygen atoms in total. The van der Waals surface area contributed by atoms with Crippen LogP contribution in [0.1, 0.15) is 23.0 Å². The van der Waals surface area contributed by atoms with Gasteiger partial charge in [0.25, 0.3) is 5.91 Å². The average molecular weight is 213 g/mol. The molecule has 14 heavy (non-hydrogen) atoms. The van der Waals surface area contributed by atoms with Crippen LogP contribution in [0.4, 0.5) is 0 Å². The summed E-state index contributed by atoms with van der Waals surface area (Å²) in [4.78, 5) is 15.5. The van der Waals surface area contributed by atoms with Crippen molar-refractivity contribution >= 4 is 17.5 Å². The molecule has 5 heteroatoms. The molecule has 2 N–H and O–H groups in total. The molecular weight excluding hydrogens is 204 g/mol. The van der Waals surface area contributed by atoms with Crippen LogP contribution in [0.3, 0.4) is 0 Å². The summed E-state index contributed by atoms with van der Waals surface area (Å²) in [5.74, 6) is -0.222. The summed E-state index contributed by atoms with van der Waals surface area (Å²) in [6.45, 7) is 1.51. The molecule has 2 heterocycles. The Morgan fingerprint density at radius 1 is 1.64 bits per heavy atom. The van der Waals surface area contributed by atoms with Gasteiger partial charge < -0.3 is 10.4 Å². The second-order valence-electron chi connectivity index (χ2n) is 3.47. The maximum absolute atomic E-state index is 11.4. The van der Waals surface area contributed by atoms with E-state index in [0.717, 1.165) is 0 Å². The fourth-order valence-electron chi connectivity index (χ4n) is 1.53. The van der Waals surface area contributed by atoms with Crippen LogP contribution in [0.15, 0.2) is 12.1 Å². The standard InChI is InChI=1S/C9H9ClN2O2/c1-9(4-13)7-5(8(14)12-9)2-3-6(10)11-7/h2-3,13H,4H2,1H3,(H,12,14). The predicted molar refractivity (Wildman–Crippen MR) is 51.2 cm³/mol. The fourth-order valence-corrected chi connectivity index (χ4v) is 1.68. The first-order chi connectivity index (χ1) is 6.57. The highest BCUT2D eigenvalue weighted by molar-refractivity contribution is 6.29. The number of carbonyl (C=O) groups excluding carboxylic acids is 1. The minimum absolute atomic E-state index is 0.195. The van der Waals surface area contributed by atoms with Crippen LogP contribution in [0.5, 0.6) is 0 Å². The predicted octanol–water partition coefficient (Wildman–Crippen LogP) is 0.686. The maximum atomic E-state index is 11.4. The molecule has 2 rings (SSSR count). The number of pyridine rings is 1. The smallest absolute Gasteiger partial charge is 0.254 e. The van der Waals surface area contributed by atoms with E-state index < -0.39 is 5.54 Å². The molecule has 0 aromatic carbocycles. The molecule has 1 atom stereocenters. The third kappa shape index (κ3) is 1.19. The summed E-state index contributed by atoms with van der Waals surface area (Å²) in [5, 5.41) is 12.2. The monoisotopic (exact) mass is 212 g/mol. The zero-order chi connectivity index (χ0) is 10.3. The molecule has 0 spiro atoms. The van der Waals surface area contributed by atoms with E-state index in [2.05, 4.69) is 10.3 Å². The van der Waals surface area contributed by atoms with Gasteiger partial charge in [-0.15, -0.1) is 0 Å². The minimum atomic E-state index is -0.808. The van der Waals surface area contributed by atoms with Gasteiger partial charge in [-0.1, -0.05) is 11.6 Å². The van der Waals surface area contributed by atoms with Crippen LogP contribution >= 0.6 is 11.6 Å². The van der Waals surface area contributed by atoms with E-state index in [4.69, 9.17) is 11.6 Å². The van der Waals surface area contributed by atoms with E-state index >= 15 is 0 Å². The van der Waals surface area contributed by atoms with Crippen LogP contribution in [-0.2, 0) is 5.54 Å². The lowest BCUT2D eigenvalue weighted by Crippen LogP contribution is -2.40. The lowest BCUT2D eigenvalue weighted by Gasteiger charge is -2.20. The van der Waals surface area contributed by atoms with Crippen LogP contribution in [0.2, 0.25) is 5.15 Å². The van der Waals surface area contributed by atoms with E-state index in [1.165, 1.54) is 0 Å². The van der Waals surface area contributed by atoms with Crippen LogP contribution in [-0.4, -0.2) is 22.6 Å². The highest BCUT2D eigenvalue weighted by atomic mass is 35.5. The van der Waals surface area contributed by atoms with Gasteiger partial charge in [0.2, 0.25) is 0 Å². The quantitative estimate of drug-likeness (QED) is 0.674. The first-order valence-electron chi connectivity index (χ1n) is 4.17. The highest BCUT2D eigenvalue weighted by Gasteiger charge is 2.40. The number of halogens is 1. The molecule has 1 aromatic heterocycles. The van der Waals surface area contributed by atoms with Crippen molar-refractivity contribution in [2.45, 2.75) is 12.5 Å². The molecule has 1 aromatic rings. The number of aromatic nitrogens is 1. The number of amides is 1. The number of fused-ring (bicyclic) bond motifs is 1. The number of nitrogens with one attached hydrogen (secondary N) is 1. The Morgan fingerprint density at radius 2 is 2.36 bits per heavy atom. The molecule has 0 saturated carbocycles. The molecule has 1 amide bonds. The molecule has 1 aliphatic heterocycles. The Labute approximate surface area is 85.9 Å². The molecule has 0 aliphatic carbocycles. The molecule has 1 unspecified atom stereocenters. The van der Waals surface area contributed by atoms with Crippen molar-refractivity contribution in [3.05, 3.63) is 28.5 Å². The zero-order valence-corrected chi connectivity index (χ0v) is 8.30. The van der Waals surface area contributed by atoms with E-state index in [1.807, 2.05) is 0 Å². The Morgan fingerprint density at radius 3 is 3.00 bits per heavy atom. The van der Waals surface area contributed by atoms with Crippen LogP contribution < -0.4 is 5.32 Å². The molecule has 1 aliphatic rings. The zero-order valence-electron chi connectivity index (χ0n) is 7.54. The highest BCUT2D eigenvalue weighted by Crippen LogP contribution is 2.29. The summed E-state index contributed by atoms with van der Waals surface area (Å²) in [6.07, 6.45) is 0. The van der Waals surface area contributed by atoms with Crippen LogP contribution in [0, 0.1) is 0 Å². The van der Waals surface area contributed by atoms with Crippen molar-refractivity contribution in [3.8, 4) is 0 Å². The first-order valence-corrected chi connectivity index (χ1v) is 4.55. The van der Waals surface area contributed by atoms with Gasteiger partial charge in [0.1, 0.15) is 10.7 Å². The average Bonchev–Trinajstić information content (AvgIpc) is 2.40. The lowest BCUT2D eigenvalue weighted by atomic mass is 9.99. The Bertz CT molecular complexity index is 408. The Hall–Kier alpha value is -1.13. The van der Waals surface area contributed by atoms with Gasteiger partial charge in [0.15, 0.2) is 0 Å². The van der Waals surface area contributed by atoms with Gasteiger partial charge in [0.05, 0.1) is 17.9 Å².